The first-order valence-electron chi connectivity index (χ1n) is 8.80. The molecule has 0 spiro atoms. The van der Waals surface area contributed by atoms with Gasteiger partial charge in [0, 0.05) is 5.57 Å². The Balaban J connectivity index is 2.31. The number of carbonyl (C=O) groups is 2. The molecule has 1 heterocycles. The lowest BCUT2D eigenvalue weighted by Crippen LogP contribution is -2.41. The van der Waals surface area contributed by atoms with E-state index in [4.69, 9.17) is 0 Å². The van der Waals surface area contributed by atoms with E-state index in [0.29, 0.717) is 6.42 Å². The van der Waals surface area contributed by atoms with E-state index in [0.717, 1.165) is 30.7 Å². The Bertz CT molecular complexity index is 946. The van der Waals surface area contributed by atoms with Gasteiger partial charge in [-0.2, -0.15) is 18.3 Å². The predicted molar refractivity (Wildman–Crippen MR) is 95.3 cm³/mol. The molecule has 0 saturated carbocycles. The zero-order chi connectivity index (χ0) is 20.4. The lowest BCUT2D eigenvalue weighted by Gasteiger charge is -2.37. The molecule has 2 aromatic rings. The number of rotatable bonds is 6. The number of halogens is 3. The van der Waals surface area contributed by atoms with E-state index in [1.54, 1.807) is 0 Å². The Morgan fingerprint density at radius 2 is 1.86 bits per heavy atom. The average molecular weight is 389 g/mol. The summed E-state index contributed by atoms with van der Waals surface area (Å²) in [5.41, 5.74) is -1.90. The molecule has 1 atom stereocenters. The van der Waals surface area contributed by atoms with E-state index in [-0.39, 0.29) is 17.6 Å². The van der Waals surface area contributed by atoms with E-state index < -0.39 is 28.8 Å². The van der Waals surface area contributed by atoms with Crippen LogP contribution in [-0.2, 0) is 21.3 Å². The molecular weight excluding hydrogens is 371 g/mol. The van der Waals surface area contributed by atoms with Gasteiger partial charge in [-0.05, 0) is 42.3 Å². The number of benzene rings is 1. The lowest BCUT2D eigenvalue weighted by atomic mass is 9.75. The lowest BCUT2D eigenvalue weighted by molar-refractivity contribution is -0.137. The molecule has 5 nitrogen and oxygen atoms in total. The second kappa shape index (κ2) is 7.53. The van der Waals surface area contributed by atoms with Crippen molar-refractivity contribution in [2.75, 3.05) is 0 Å². The average Bonchev–Trinajstić information content (AvgIpc) is 3.20. The quantitative estimate of drug-likeness (QED) is 0.704. The van der Waals surface area contributed by atoms with Gasteiger partial charge in [0.05, 0.1) is 5.56 Å². The highest BCUT2D eigenvalue weighted by atomic mass is 19.4. The monoisotopic (exact) mass is 389 g/mol. The van der Waals surface area contributed by atoms with Gasteiger partial charge in [-0.25, -0.2) is 9.67 Å². The van der Waals surface area contributed by atoms with E-state index in [2.05, 4.69) is 10.1 Å². The Labute approximate surface area is 159 Å². The SMILES string of the molecule is CCCCC(C1=CC(=O)C=CC1=O)(c1cccc(C(F)(F)F)c1)n1cncn1. The van der Waals surface area contributed by atoms with Crippen LogP contribution in [0.1, 0.15) is 37.3 Å². The summed E-state index contributed by atoms with van der Waals surface area (Å²) in [6, 6.07) is 4.79. The summed E-state index contributed by atoms with van der Waals surface area (Å²) in [6.07, 6.45) is 3.14. The number of ketones is 2. The molecular formula is C20H18F3N3O2. The standard InChI is InChI=1S/C20H18F3N3O2/c1-2-3-9-19(26-13-24-12-25-26,17-11-16(27)7-8-18(17)28)14-5-4-6-15(10-14)20(21,22)23/h4-8,10-13H,2-3,9H2,1H3. The van der Waals surface area contributed by atoms with Gasteiger partial charge < -0.3 is 0 Å². The van der Waals surface area contributed by atoms with Crippen molar-refractivity contribution in [3.05, 3.63) is 71.8 Å². The molecule has 1 aromatic carbocycles. The highest BCUT2D eigenvalue weighted by Gasteiger charge is 2.43. The molecule has 1 unspecified atom stereocenters. The van der Waals surface area contributed by atoms with Crippen LogP contribution in [0.5, 0.6) is 0 Å². The van der Waals surface area contributed by atoms with Crippen molar-refractivity contribution in [2.24, 2.45) is 0 Å². The molecule has 0 saturated heterocycles. The van der Waals surface area contributed by atoms with Crippen LogP contribution < -0.4 is 0 Å². The molecule has 0 amide bonds. The fraction of sp³-hybridized carbons (Fsp3) is 0.300. The maximum absolute atomic E-state index is 13.3. The van der Waals surface area contributed by atoms with Gasteiger partial charge in [0.2, 0.25) is 0 Å². The summed E-state index contributed by atoms with van der Waals surface area (Å²) >= 11 is 0. The number of hydrogen-bond acceptors (Lipinski definition) is 4. The zero-order valence-electron chi connectivity index (χ0n) is 15.1. The molecule has 0 aliphatic heterocycles. The van der Waals surface area contributed by atoms with Crippen LogP contribution in [0.15, 0.2) is 60.7 Å². The molecule has 146 valence electrons. The number of nitrogens with zero attached hydrogens (tertiary/aromatic N) is 3. The minimum atomic E-state index is -4.55. The van der Waals surface area contributed by atoms with E-state index >= 15 is 0 Å². The Hall–Kier alpha value is -3.03. The second-order valence-electron chi connectivity index (χ2n) is 6.54. The van der Waals surface area contributed by atoms with Crippen LogP contribution in [0.4, 0.5) is 13.2 Å². The van der Waals surface area contributed by atoms with Gasteiger partial charge in [0.25, 0.3) is 0 Å². The van der Waals surface area contributed by atoms with E-state index in [1.165, 1.54) is 35.5 Å². The fourth-order valence-corrected chi connectivity index (χ4v) is 3.43. The minimum Gasteiger partial charge on any atom is -0.290 e. The summed E-state index contributed by atoms with van der Waals surface area (Å²) in [6.45, 7) is 1.93. The van der Waals surface area contributed by atoms with Gasteiger partial charge in [-0.1, -0.05) is 31.9 Å². The molecule has 0 N–H and O–H groups in total. The van der Waals surface area contributed by atoms with E-state index in [1.807, 2.05) is 6.92 Å². The van der Waals surface area contributed by atoms with Gasteiger partial charge in [0.15, 0.2) is 11.6 Å². The number of aromatic nitrogens is 3. The Kier molecular flexibility index (Phi) is 5.31. The molecule has 3 rings (SSSR count). The summed E-state index contributed by atoms with van der Waals surface area (Å²) in [7, 11) is 0. The van der Waals surface area contributed by atoms with Crippen LogP contribution in [0.2, 0.25) is 0 Å². The van der Waals surface area contributed by atoms with Gasteiger partial charge in [-0.15, -0.1) is 0 Å². The summed E-state index contributed by atoms with van der Waals surface area (Å²) in [4.78, 5) is 28.7. The third-order valence-electron chi connectivity index (χ3n) is 4.77. The van der Waals surface area contributed by atoms with Crippen LogP contribution in [0.3, 0.4) is 0 Å². The number of carbonyl (C=O) groups excluding carboxylic acids is 2. The van der Waals surface area contributed by atoms with Crippen molar-refractivity contribution in [1.82, 2.24) is 14.8 Å². The van der Waals surface area contributed by atoms with Crippen molar-refractivity contribution >= 4 is 11.6 Å². The van der Waals surface area contributed by atoms with Crippen LogP contribution in [0, 0.1) is 0 Å². The van der Waals surface area contributed by atoms with Crippen molar-refractivity contribution in [3.8, 4) is 0 Å². The van der Waals surface area contributed by atoms with Crippen LogP contribution in [0.25, 0.3) is 0 Å². The van der Waals surface area contributed by atoms with Gasteiger partial charge in [-0.3, -0.25) is 9.59 Å². The Morgan fingerprint density at radius 1 is 1.11 bits per heavy atom. The normalized spacial score (nSPS) is 16.8. The first-order valence-corrected chi connectivity index (χ1v) is 8.80. The third kappa shape index (κ3) is 3.54. The number of unbranched alkanes of at least 4 members (excludes halogenated alkanes) is 1. The molecule has 0 bridgehead atoms. The van der Waals surface area contributed by atoms with Crippen molar-refractivity contribution in [1.29, 1.82) is 0 Å². The molecule has 1 aromatic heterocycles. The maximum Gasteiger partial charge on any atom is 0.416 e. The number of allylic oxidation sites excluding steroid dienone is 4. The molecule has 28 heavy (non-hydrogen) atoms. The largest absolute Gasteiger partial charge is 0.416 e. The molecule has 1 aliphatic carbocycles. The first-order chi connectivity index (χ1) is 13.3. The predicted octanol–water partition coefficient (Wildman–Crippen LogP) is 3.87. The van der Waals surface area contributed by atoms with Crippen LogP contribution in [-0.4, -0.2) is 26.3 Å². The molecule has 1 aliphatic rings. The van der Waals surface area contributed by atoms with Crippen molar-refractivity contribution < 1.29 is 22.8 Å². The fourth-order valence-electron chi connectivity index (χ4n) is 3.43. The van der Waals surface area contributed by atoms with Crippen LogP contribution >= 0.6 is 0 Å². The molecule has 8 heteroatoms. The second-order valence-corrected chi connectivity index (χ2v) is 6.54. The van der Waals surface area contributed by atoms with Crippen molar-refractivity contribution in [2.45, 2.75) is 37.9 Å². The van der Waals surface area contributed by atoms with E-state index in [9.17, 15) is 22.8 Å². The van der Waals surface area contributed by atoms with Gasteiger partial charge >= 0.3 is 6.18 Å². The molecule has 0 radical (unpaired) electrons. The summed E-state index contributed by atoms with van der Waals surface area (Å²) < 4.78 is 41.4. The van der Waals surface area contributed by atoms with Gasteiger partial charge in [0.1, 0.15) is 18.2 Å². The smallest absolute Gasteiger partial charge is 0.290 e. The summed E-state index contributed by atoms with van der Waals surface area (Å²) in [5.74, 6) is -0.842. The highest BCUT2D eigenvalue weighted by molar-refractivity contribution is 6.18. The maximum atomic E-state index is 13.3. The zero-order valence-corrected chi connectivity index (χ0v) is 15.1. The Morgan fingerprint density at radius 3 is 2.50 bits per heavy atom. The first kappa shape index (κ1) is 19.7. The minimum absolute atomic E-state index is 0.0817. The summed E-state index contributed by atoms with van der Waals surface area (Å²) in [5, 5.41) is 4.14. The number of alkyl halides is 3. The topological polar surface area (TPSA) is 64.8 Å². The highest BCUT2D eigenvalue weighted by Crippen LogP contribution is 2.42. The van der Waals surface area contributed by atoms with Crippen molar-refractivity contribution in [3.63, 3.8) is 0 Å². The third-order valence-corrected chi connectivity index (χ3v) is 4.77. The molecule has 0 fully saturated rings. The number of hydrogen-bond donors (Lipinski definition) is 0.